The van der Waals surface area contributed by atoms with Gasteiger partial charge in [-0.25, -0.2) is 9.07 Å². The second-order valence-electron chi connectivity index (χ2n) is 7.64. The molecule has 2 N–H and O–H groups in total. The first kappa shape index (κ1) is 20.9. The van der Waals surface area contributed by atoms with E-state index in [-0.39, 0.29) is 12.5 Å². The Bertz CT molecular complexity index is 1440. The molecule has 8 heteroatoms. The van der Waals surface area contributed by atoms with Crippen LogP contribution in [0.3, 0.4) is 0 Å². The van der Waals surface area contributed by atoms with E-state index >= 15 is 0 Å². The monoisotopic (exact) mass is 459 g/mol. The molecule has 2 aromatic carbocycles. The number of H-pyrrole nitrogens is 1. The fourth-order valence-electron chi connectivity index (χ4n) is 3.72. The third-order valence-corrected chi connectivity index (χ3v) is 5.69. The lowest BCUT2D eigenvalue weighted by molar-refractivity contribution is 0.0950. The number of hydrogen-bond acceptors (Lipinski definition) is 3. The van der Waals surface area contributed by atoms with Gasteiger partial charge in [-0.05, 0) is 48.0 Å². The van der Waals surface area contributed by atoms with Crippen molar-refractivity contribution >= 4 is 28.4 Å². The van der Waals surface area contributed by atoms with Gasteiger partial charge in [-0.1, -0.05) is 23.7 Å². The molecule has 0 aliphatic rings. The highest BCUT2D eigenvalue weighted by Crippen LogP contribution is 2.25. The average molecular weight is 460 g/mol. The second kappa shape index (κ2) is 8.88. The van der Waals surface area contributed by atoms with Crippen LogP contribution in [0.15, 0.2) is 79.4 Å². The first-order valence-electron chi connectivity index (χ1n) is 10.3. The minimum Gasteiger partial charge on any atom is -0.360 e. The number of hydrogen-bond donors (Lipinski definition) is 2. The molecule has 0 atom stereocenters. The molecule has 1 amide bonds. The number of amides is 1. The van der Waals surface area contributed by atoms with Gasteiger partial charge in [0.2, 0.25) is 0 Å². The molecule has 0 unspecified atom stereocenters. The van der Waals surface area contributed by atoms with Gasteiger partial charge >= 0.3 is 0 Å². The lowest BCUT2D eigenvalue weighted by Crippen LogP contribution is -2.23. The summed E-state index contributed by atoms with van der Waals surface area (Å²) in [6.45, 7) is 0.0473. The Balaban J connectivity index is 1.29. The van der Waals surface area contributed by atoms with E-state index in [2.05, 4.69) is 20.4 Å². The quantitative estimate of drug-likeness (QED) is 0.372. The normalized spacial score (nSPS) is 11.1. The van der Waals surface area contributed by atoms with E-state index in [0.717, 1.165) is 16.9 Å². The zero-order valence-corrected chi connectivity index (χ0v) is 18.2. The third kappa shape index (κ3) is 4.49. The number of rotatable bonds is 6. The van der Waals surface area contributed by atoms with Crippen LogP contribution in [0, 0.1) is 5.82 Å². The lowest BCUT2D eigenvalue weighted by atomic mass is 10.1. The molecule has 0 aliphatic carbocycles. The van der Waals surface area contributed by atoms with Crippen LogP contribution in [0.4, 0.5) is 4.39 Å². The summed E-state index contributed by atoms with van der Waals surface area (Å²) in [6, 6.07) is 16.3. The van der Waals surface area contributed by atoms with E-state index in [1.165, 1.54) is 6.07 Å². The highest BCUT2D eigenvalue weighted by molar-refractivity contribution is 6.35. The van der Waals surface area contributed by atoms with Crippen molar-refractivity contribution in [3.8, 4) is 5.69 Å². The van der Waals surface area contributed by atoms with Gasteiger partial charge in [0, 0.05) is 65.5 Å². The van der Waals surface area contributed by atoms with E-state index in [9.17, 15) is 9.18 Å². The fraction of sp³-hybridized carbons (Fsp3) is 0.0800. The van der Waals surface area contributed by atoms with E-state index in [4.69, 9.17) is 11.6 Å². The summed E-state index contributed by atoms with van der Waals surface area (Å²) in [5.41, 5.74) is 4.20. The Kier molecular flexibility index (Phi) is 5.62. The van der Waals surface area contributed by atoms with Crippen LogP contribution in [0.5, 0.6) is 0 Å². The van der Waals surface area contributed by atoms with Crippen LogP contribution >= 0.6 is 11.6 Å². The van der Waals surface area contributed by atoms with Crippen molar-refractivity contribution in [3.63, 3.8) is 0 Å². The Morgan fingerprint density at radius 3 is 2.88 bits per heavy atom. The molecule has 3 aromatic heterocycles. The minimum absolute atomic E-state index is 0.0473. The molecule has 0 radical (unpaired) electrons. The van der Waals surface area contributed by atoms with Gasteiger partial charge in [0.25, 0.3) is 5.91 Å². The smallest absolute Gasteiger partial charge is 0.251 e. The van der Waals surface area contributed by atoms with Crippen molar-refractivity contribution < 1.29 is 9.18 Å². The second-order valence-corrected chi connectivity index (χ2v) is 8.05. The van der Waals surface area contributed by atoms with Crippen LogP contribution in [0.25, 0.3) is 16.6 Å². The largest absolute Gasteiger partial charge is 0.360 e. The summed E-state index contributed by atoms with van der Waals surface area (Å²) in [5.74, 6) is -0.711. The molecule has 0 saturated heterocycles. The predicted molar refractivity (Wildman–Crippen MR) is 125 cm³/mol. The van der Waals surface area contributed by atoms with Crippen molar-refractivity contribution in [2.75, 3.05) is 0 Å². The molecule has 6 nitrogen and oxygen atoms in total. The Labute approximate surface area is 194 Å². The number of aromatic amines is 1. The van der Waals surface area contributed by atoms with Gasteiger partial charge in [0.05, 0.1) is 10.7 Å². The van der Waals surface area contributed by atoms with Gasteiger partial charge in [0.15, 0.2) is 0 Å². The van der Waals surface area contributed by atoms with Crippen LogP contribution in [0.2, 0.25) is 5.02 Å². The molecule has 0 fully saturated rings. The molecule has 0 saturated carbocycles. The van der Waals surface area contributed by atoms with Crippen LogP contribution < -0.4 is 5.32 Å². The third-order valence-electron chi connectivity index (χ3n) is 5.38. The summed E-state index contributed by atoms with van der Waals surface area (Å²) >= 11 is 6.13. The van der Waals surface area contributed by atoms with Crippen molar-refractivity contribution in [3.05, 3.63) is 113 Å². The van der Waals surface area contributed by atoms with E-state index in [1.807, 2.05) is 36.5 Å². The molecule has 33 heavy (non-hydrogen) atoms. The maximum atomic E-state index is 14.4. The first-order chi connectivity index (χ1) is 16.1. The topological polar surface area (TPSA) is 75.6 Å². The average Bonchev–Trinajstić information content (AvgIpc) is 3.48. The molecule has 5 aromatic rings. The van der Waals surface area contributed by atoms with Gasteiger partial charge in [0.1, 0.15) is 5.82 Å². The van der Waals surface area contributed by atoms with Crippen molar-refractivity contribution in [2.24, 2.45) is 0 Å². The highest BCUT2D eigenvalue weighted by atomic mass is 35.5. The van der Waals surface area contributed by atoms with Gasteiger partial charge in [-0.3, -0.25) is 9.78 Å². The van der Waals surface area contributed by atoms with E-state index in [1.54, 1.807) is 41.5 Å². The summed E-state index contributed by atoms with van der Waals surface area (Å²) in [4.78, 5) is 20.0. The zero-order chi connectivity index (χ0) is 22.8. The van der Waals surface area contributed by atoms with Crippen LogP contribution in [-0.4, -0.2) is 25.7 Å². The number of nitrogens with one attached hydrogen (secondary N) is 2. The summed E-state index contributed by atoms with van der Waals surface area (Å²) in [5, 5.41) is 8.26. The van der Waals surface area contributed by atoms with Crippen LogP contribution in [0.1, 0.15) is 27.2 Å². The number of aromatic nitrogens is 4. The molecule has 3 heterocycles. The number of carbonyl (C=O) groups is 1. The maximum absolute atomic E-state index is 14.4. The maximum Gasteiger partial charge on any atom is 0.251 e. The number of benzene rings is 2. The van der Waals surface area contributed by atoms with Gasteiger partial charge < -0.3 is 10.3 Å². The number of pyridine rings is 1. The molecule has 0 aliphatic heterocycles. The number of nitrogens with zero attached hydrogens (tertiary/aromatic N) is 3. The SMILES string of the molecule is O=C(NCc1cc2c(Cl)c[nH]c2cc1F)c1ccnc(Cc2cccc(-n3cccn3)c2)c1. The van der Waals surface area contributed by atoms with Crippen LogP contribution in [-0.2, 0) is 13.0 Å². The molecular weight excluding hydrogens is 441 g/mol. The van der Waals surface area contributed by atoms with E-state index in [0.29, 0.717) is 33.5 Å². The number of fused-ring (bicyclic) bond motifs is 1. The highest BCUT2D eigenvalue weighted by Gasteiger charge is 2.12. The van der Waals surface area contributed by atoms with Crippen molar-refractivity contribution in [2.45, 2.75) is 13.0 Å². The summed E-state index contributed by atoms with van der Waals surface area (Å²) in [6.07, 6.45) is 7.39. The lowest BCUT2D eigenvalue weighted by Gasteiger charge is -2.09. The molecule has 164 valence electrons. The summed E-state index contributed by atoms with van der Waals surface area (Å²) in [7, 11) is 0. The standard InChI is InChI=1S/C25H19ClFN5O/c26-22-15-29-24-13-23(27)18(12-21(22)24)14-30-25(33)17-5-7-28-19(11-17)9-16-3-1-4-20(10-16)32-8-2-6-31-32/h1-8,10-13,15,29H,9,14H2,(H,30,33). The van der Waals surface area contributed by atoms with E-state index < -0.39 is 5.82 Å². The number of carbonyl (C=O) groups excluding carboxylic acids is 1. The molecular formula is C25H19ClFN5O. The molecule has 5 rings (SSSR count). The Morgan fingerprint density at radius 1 is 1.12 bits per heavy atom. The Morgan fingerprint density at radius 2 is 2.03 bits per heavy atom. The predicted octanol–water partition coefficient (Wildman–Crippen LogP) is 5.06. The zero-order valence-electron chi connectivity index (χ0n) is 17.4. The minimum atomic E-state index is -0.409. The van der Waals surface area contributed by atoms with Gasteiger partial charge in [-0.15, -0.1) is 0 Å². The van der Waals surface area contributed by atoms with Gasteiger partial charge in [-0.2, -0.15) is 5.10 Å². The first-order valence-corrected chi connectivity index (χ1v) is 10.7. The molecule has 0 bridgehead atoms. The fourth-order valence-corrected chi connectivity index (χ4v) is 3.93. The van der Waals surface area contributed by atoms with Crippen molar-refractivity contribution in [1.82, 2.24) is 25.1 Å². The summed E-state index contributed by atoms with van der Waals surface area (Å²) < 4.78 is 16.2. The Hall–Kier alpha value is -3.97. The molecule has 0 spiro atoms. The van der Waals surface area contributed by atoms with Crippen molar-refractivity contribution in [1.29, 1.82) is 0 Å². The number of halogens is 2.